The van der Waals surface area contributed by atoms with Gasteiger partial charge in [0.1, 0.15) is 5.69 Å². The molecule has 1 fully saturated rings. The minimum atomic E-state index is -0.0412. The number of rotatable bonds is 2. The van der Waals surface area contributed by atoms with Crippen LogP contribution in [0.1, 0.15) is 43.1 Å². The molecule has 0 spiro atoms. The van der Waals surface area contributed by atoms with Gasteiger partial charge >= 0.3 is 0 Å². The zero-order valence-electron chi connectivity index (χ0n) is 10.6. The van der Waals surface area contributed by atoms with Crippen LogP contribution in [0.4, 0.5) is 5.82 Å². The molecule has 1 unspecified atom stereocenters. The maximum atomic E-state index is 12.3. The number of carbonyl (C=O) groups is 1. The average molecular weight is 249 g/mol. The van der Waals surface area contributed by atoms with Crippen molar-refractivity contribution in [2.24, 2.45) is 5.84 Å². The standard InChI is InChI=1S/C12H19N5O/c1-9-5-3-2-4-6-17(9)12(18)10-7-15-11(16-13)8-14-10/h7-9H,2-6,13H2,1H3,(H,15,16). The molecule has 1 amide bonds. The van der Waals surface area contributed by atoms with Crippen molar-refractivity contribution in [3.63, 3.8) is 0 Å². The zero-order chi connectivity index (χ0) is 13.0. The molecule has 0 bridgehead atoms. The van der Waals surface area contributed by atoms with Crippen molar-refractivity contribution >= 4 is 11.7 Å². The monoisotopic (exact) mass is 249 g/mol. The van der Waals surface area contributed by atoms with Gasteiger partial charge in [0.2, 0.25) is 0 Å². The molecule has 1 saturated heterocycles. The average Bonchev–Trinajstić information content (AvgIpc) is 2.63. The second kappa shape index (κ2) is 5.77. The molecule has 0 saturated carbocycles. The van der Waals surface area contributed by atoms with E-state index in [0.717, 1.165) is 19.4 Å². The number of aromatic nitrogens is 2. The largest absolute Gasteiger partial charge is 0.335 e. The number of nitrogens with one attached hydrogen (secondary N) is 1. The van der Waals surface area contributed by atoms with E-state index in [1.165, 1.54) is 25.2 Å². The molecule has 2 heterocycles. The van der Waals surface area contributed by atoms with Crippen LogP contribution in [-0.2, 0) is 0 Å². The molecule has 1 aromatic rings. The van der Waals surface area contributed by atoms with E-state index in [0.29, 0.717) is 11.5 Å². The first kappa shape index (κ1) is 12.8. The topological polar surface area (TPSA) is 84.1 Å². The van der Waals surface area contributed by atoms with Crippen LogP contribution in [0, 0.1) is 0 Å². The first-order valence-electron chi connectivity index (χ1n) is 6.32. The summed E-state index contributed by atoms with van der Waals surface area (Å²) in [5.41, 5.74) is 2.77. The Morgan fingerprint density at radius 2 is 2.22 bits per heavy atom. The molecule has 1 atom stereocenters. The minimum absolute atomic E-state index is 0.0412. The van der Waals surface area contributed by atoms with E-state index in [-0.39, 0.29) is 11.9 Å². The van der Waals surface area contributed by atoms with Crippen LogP contribution >= 0.6 is 0 Å². The summed E-state index contributed by atoms with van der Waals surface area (Å²) in [5.74, 6) is 5.63. The van der Waals surface area contributed by atoms with E-state index < -0.39 is 0 Å². The van der Waals surface area contributed by atoms with Gasteiger partial charge in [-0.3, -0.25) is 4.79 Å². The highest BCUT2D eigenvalue weighted by molar-refractivity contribution is 5.92. The Kier molecular flexibility index (Phi) is 4.09. The first-order chi connectivity index (χ1) is 8.72. The number of nitrogen functional groups attached to an aromatic ring is 1. The number of nitrogens with zero attached hydrogens (tertiary/aromatic N) is 3. The predicted octanol–water partition coefficient (Wildman–Crippen LogP) is 1.17. The lowest BCUT2D eigenvalue weighted by Gasteiger charge is -2.26. The number of carbonyl (C=O) groups excluding carboxylic acids is 1. The van der Waals surface area contributed by atoms with Gasteiger partial charge in [-0.05, 0) is 19.8 Å². The lowest BCUT2D eigenvalue weighted by Crippen LogP contribution is -2.38. The predicted molar refractivity (Wildman–Crippen MR) is 68.8 cm³/mol. The van der Waals surface area contributed by atoms with Gasteiger partial charge in [0, 0.05) is 12.6 Å². The van der Waals surface area contributed by atoms with Crippen LogP contribution < -0.4 is 11.3 Å². The molecule has 0 aliphatic carbocycles. The van der Waals surface area contributed by atoms with Crippen LogP contribution in [-0.4, -0.2) is 33.4 Å². The summed E-state index contributed by atoms with van der Waals surface area (Å²) >= 11 is 0. The third-order valence-electron chi connectivity index (χ3n) is 3.33. The van der Waals surface area contributed by atoms with E-state index >= 15 is 0 Å². The van der Waals surface area contributed by atoms with Crippen LogP contribution in [0.25, 0.3) is 0 Å². The fraction of sp³-hybridized carbons (Fsp3) is 0.583. The molecule has 6 heteroatoms. The number of nitrogens with two attached hydrogens (primary N) is 1. The van der Waals surface area contributed by atoms with Gasteiger partial charge in [0.05, 0.1) is 12.4 Å². The Labute approximate surface area is 107 Å². The number of hydrogen-bond donors (Lipinski definition) is 2. The number of amides is 1. The molecule has 1 aliphatic heterocycles. The molecule has 6 nitrogen and oxygen atoms in total. The molecule has 2 rings (SSSR count). The van der Waals surface area contributed by atoms with Gasteiger partial charge in [-0.1, -0.05) is 12.8 Å². The molecule has 3 N–H and O–H groups in total. The van der Waals surface area contributed by atoms with Gasteiger partial charge in [-0.25, -0.2) is 15.8 Å². The molecule has 1 aromatic heterocycles. The number of likely N-dealkylation sites (tertiary alicyclic amines) is 1. The molecule has 98 valence electrons. The van der Waals surface area contributed by atoms with Crippen LogP contribution in [0.2, 0.25) is 0 Å². The Balaban J connectivity index is 2.13. The van der Waals surface area contributed by atoms with Crippen molar-refractivity contribution in [2.45, 2.75) is 38.6 Å². The summed E-state index contributed by atoms with van der Waals surface area (Å²) in [7, 11) is 0. The van der Waals surface area contributed by atoms with Gasteiger partial charge < -0.3 is 10.3 Å². The first-order valence-corrected chi connectivity index (χ1v) is 6.32. The van der Waals surface area contributed by atoms with Crippen molar-refractivity contribution in [1.29, 1.82) is 0 Å². The van der Waals surface area contributed by atoms with E-state index in [4.69, 9.17) is 5.84 Å². The van der Waals surface area contributed by atoms with Crippen molar-refractivity contribution in [3.05, 3.63) is 18.1 Å². The Hall–Kier alpha value is -1.69. The SMILES string of the molecule is CC1CCCCCN1C(=O)c1cnc(NN)cn1. The lowest BCUT2D eigenvalue weighted by atomic mass is 10.1. The van der Waals surface area contributed by atoms with E-state index in [2.05, 4.69) is 22.3 Å². The third-order valence-corrected chi connectivity index (χ3v) is 3.33. The van der Waals surface area contributed by atoms with Crippen LogP contribution in [0.5, 0.6) is 0 Å². The molecule has 0 aromatic carbocycles. The molecule has 0 radical (unpaired) electrons. The zero-order valence-corrected chi connectivity index (χ0v) is 10.6. The highest BCUT2D eigenvalue weighted by Gasteiger charge is 2.24. The number of hydrazine groups is 1. The van der Waals surface area contributed by atoms with Gasteiger partial charge in [-0.15, -0.1) is 0 Å². The van der Waals surface area contributed by atoms with E-state index in [9.17, 15) is 4.79 Å². The summed E-state index contributed by atoms with van der Waals surface area (Å²) in [6, 6.07) is 0.272. The highest BCUT2D eigenvalue weighted by atomic mass is 16.2. The van der Waals surface area contributed by atoms with Crippen molar-refractivity contribution in [2.75, 3.05) is 12.0 Å². The molecular weight excluding hydrogens is 230 g/mol. The summed E-state index contributed by atoms with van der Waals surface area (Å²) < 4.78 is 0. The summed E-state index contributed by atoms with van der Waals surface area (Å²) in [5, 5.41) is 0. The van der Waals surface area contributed by atoms with Crippen LogP contribution in [0.15, 0.2) is 12.4 Å². The Morgan fingerprint density at radius 3 is 2.89 bits per heavy atom. The molecule has 18 heavy (non-hydrogen) atoms. The third kappa shape index (κ3) is 2.76. The molecular formula is C12H19N5O. The Morgan fingerprint density at radius 1 is 1.39 bits per heavy atom. The van der Waals surface area contributed by atoms with Gasteiger partial charge in [0.25, 0.3) is 5.91 Å². The second-order valence-electron chi connectivity index (χ2n) is 4.63. The maximum absolute atomic E-state index is 12.3. The lowest BCUT2D eigenvalue weighted by molar-refractivity contribution is 0.0691. The summed E-state index contributed by atoms with van der Waals surface area (Å²) in [4.78, 5) is 22.3. The quantitative estimate of drug-likeness (QED) is 0.607. The van der Waals surface area contributed by atoms with E-state index in [1.54, 1.807) is 0 Å². The summed E-state index contributed by atoms with van der Waals surface area (Å²) in [6.45, 7) is 2.89. The number of hydrogen-bond acceptors (Lipinski definition) is 5. The van der Waals surface area contributed by atoms with Crippen molar-refractivity contribution in [1.82, 2.24) is 14.9 Å². The summed E-state index contributed by atoms with van der Waals surface area (Å²) in [6.07, 6.45) is 7.43. The molecule has 1 aliphatic rings. The van der Waals surface area contributed by atoms with E-state index in [1.807, 2.05) is 4.90 Å². The highest BCUT2D eigenvalue weighted by Crippen LogP contribution is 2.18. The van der Waals surface area contributed by atoms with Gasteiger partial charge in [-0.2, -0.15) is 0 Å². The number of anilines is 1. The fourth-order valence-corrected chi connectivity index (χ4v) is 2.24. The van der Waals surface area contributed by atoms with Crippen molar-refractivity contribution < 1.29 is 4.79 Å². The smallest absolute Gasteiger partial charge is 0.274 e. The fourth-order valence-electron chi connectivity index (χ4n) is 2.24. The van der Waals surface area contributed by atoms with Crippen LogP contribution in [0.3, 0.4) is 0 Å². The van der Waals surface area contributed by atoms with Gasteiger partial charge in [0.15, 0.2) is 5.82 Å². The maximum Gasteiger partial charge on any atom is 0.274 e. The normalized spacial score (nSPS) is 20.3. The van der Waals surface area contributed by atoms with Crippen molar-refractivity contribution in [3.8, 4) is 0 Å². The Bertz CT molecular complexity index is 405. The second-order valence-corrected chi connectivity index (χ2v) is 4.63. The minimum Gasteiger partial charge on any atom is -0.335 e.